The van der Waals surface area contributed by atoms with Crippen LogP contribution in [0, 0.1) is 23.2 Å². The molecule has 0 spiro atoms. The number of aromatic nitrogens is 2. The Morgan fingerprint density at radius 1 is 1.07 bits per heavy atom. The zero-order valence-electron chi connectivity index (χ0n) is 26.6. The van der Waals surface area contributed by atoms with Crippen molar-refractivity contribution in [1.82, 2.24) is 14.9 Å². The molecule has 234 valence electrons. The minimum absolute atomic E-state index is 0.0191. The summed E-state index contributed by atoms with van der Waals surface area (Å²) in [7, 11) is 1.61. The van der Waals surface area contributed by atoms with E-state index in [0.717, 1.165) is 62.4 Å². The zero-order chi connectivity index (χ0) is 30.9. The predicted octanol–water partition coefficient (Wildman–Crippen LogP) is 5.70. The average molecular weight is 594 g/mol. The SMILES string of the molecule is COc1ccc2nc3c(nc2c1)O[C@H]1CN(C(=O)[C@H](C(C)(C)C)CC(=O)O[C@]2(C)CCC[C@H]2CCCCC3)[C@H](C=O)[C@@H]1C. The second-order valence-corrected chi connectivity index (χ2v) is 14.1. The van der Waals surface area contributed by atoms with Gasteiger partial charge in [0.15, 0.2) is 0 Å². The van der Waals surface area contributed by atoms with Crippen LogP contribution in [0.25, 0.3) is 11.0 Å². The van der Waals surface area contributed by atoms with Crippen LogP contribution in [0.15, 0.2) is 18.2 Å². The highest BCUT2D eigenvalue weighted by atomic mass is 16.6. The maximum atomic E-state index is 14.2. The van der Waals surface area contributed by atoms with E-state index >= 15 is 0 Å². The van der Waals surface area contributed by atoms with Crippen molar-refractivity contribution in [3.63, 3.8) is 0 Å². The third kappa shape index (κ3) is 6.50. The van der Waals surface area contributed by atoms with Gasteiger partial charge in [0.25, 0.3) is 0 Å². The molecule has 1 saturated heterocycles. The fourth-order valence-corrected chi connectivity index (χ4v) is 7.23. The Labute approximate surface area is 255 Å². The maximum Gasteiger partial charge on any atom is 0.307 e. The summed E-state index contributed by atoms with van der Waals surface area (Å²) in [4.78, 5) is 51.4. The van der Waals surface area contributed by atoms with Crippen molar-refractivity contribution in [1.29, 1.82) is 0 Å². The number of ether oxygens (including phenoxy) is 3. The van der Waals surface area contributed by atoms with Gasteiger partial charge in [-0.1, -0.05) is 40.5 Å². The molecule has 1 saturated carbocycles. The van der Waals surface area contributed by atoms with Gasteiger partial charge in [0.05, 0.1) is 43.1 Å². The molecule has 43 heavy (non-hydrogen) atoms. The van der Waals surface area contributed by atoms with Gasteiger partial charge in [0, 0.05) is 12.0 Å². The van der Waals surface area contributed by atoms with E-state index in [-0.39, 0.29) is 30.8 Å². The molecule has 9 heteroatoms. The highest BCUT2D eigenvalue weighted by Crippen LogP contribution is 2.43. The monoisotopic (exact) mass is 593 g/mol. The summed E-state index contributed by atoms with van der Waals surface area (Å²) < 4.78 is 18.2. The van der Waals surface area contributed by atoms with Crippen molar-refractivity contribution in [3.8, 4) is 11.6 Å². The zero-order valence-corrected chi connectivity index (χ0v) is 26.6. The lowest BCUT2D eigenvalue weighted by atomic mass is 9.77. The van der Waals surface area contributed by atoms with Gasteiger partial charge in [0.1, 0.15) is 29.4 Å². The standard InChI is InChI=1S/C34H47N3O6/c1-21-28(20-38)37-19-29(21)42-31-26(35-25-15-14-23(41-6)17-27(25)36-31)13-9-7-8-11-22-12-10-16-34(22,5)43-30(39)18-24(32(37)40)33(2,3)4/h14-15,17,20-22,24,28-29H,7-13,16,18-19H2,1-6H3/t21-,22+,24+,28+,29-,34+/m0/s1. The molecule has 6 atom stereocenters. The molecule has 1 aromatic carbocycles. The normalized spacial score (nSPS) is 30.9. The van der Waals surface area contributed by atoms with Crippen LogP contribution < -0.4 is 9.47 Å². The van der Waals surface area contributed by atoms with E-state index in [1.807, 2.05) is 45.9 Å². The number of methoxy groups -OCH3 is 1. The summed E-state index contributed by atoms with van der Waals surface area (Å²) >= 11 is 0. The van der Waals surface area contributed by atoms with Crippen LogP contribution in [0.5, 0.6) is 11.6 Å². The first-order valence-corrected chi connectivity index (χ1v) is 15.9. The van der Waals surface area contributed by atoms with Gasteiger partial charge in [-0.15, -0.1) is 0 Å². The van der Waals surface area contributed by atoms with E-state index in [1.54, 1.807) is 12.0 Å². The fraction of sp³-hybridized carbons (Fsp3) is 0.676. The number of hydrogen-bond acceptors (Lipinski definition) is 8. The predicted molar refractivity (Wildman–Crippen MR) is 163 cm³/mol. The number of carbonyl (C=O) groups is 3. The van der Waals surface area contributed by atoms with Crippen LogP contribution in [0.1, 0.15) is 91.7 Å². The second kappa shape index (κ2) is 12.4. The lowest BCUT2D eigenvalue weighted by molar-refractivity contribution is -0.167. The Morgan fingerprint density at radius 2 is 1.84 bits per heavy atom. The van der Waals surface area contributed by atoms with E-state index in [4.69, 9.17) is 24.2 Å². The summed E-state index contributed by atoms with van der Waals surface area (Å²) in [6, 6.07) is 4.95. The maximum absolute atomic E-state index is 14.2. The van der Waals surface area contributed by atoms with Gasteiger partial charge in [-0.25, -0.2) is 9.97 Å². The van der Waals surface area contributed by atoms with E-state index < -0.39 is 29.1 Å². The molecule has 9 nitrogen and oxygen atoms in total. The van der Waals surface area contributed by atoms with Gasteiger partial charge in [-0.2, -0.15) is 0 Å². The summed E-state index contributed by atoms with van der Waals surface area (Å²) in [6.45, 7) is 10.1. The number of rotatable bonds is 2. The summed E-state index contributed by atoms with van der Waals surface area (Å²) in [6.07, 6.45) is 7.93. The van der Waals surface area contributed by atoms with Crippen LogP contribution in [-0.4, -0.2) is 64.4 Å². The molecule has 2 fully saturated rings. The van der Waals surface area contributed by atoms with E-state index in [1.165, 1.54) is 0 Å². The Morgan fingerprint density at radius 3 is 2.56 bits per heavy atom. The molecule has 5 rings (SSSR count). The number of nitrogens with zero attached hydrogens (tertiary/aromatic N) is 3. The molecule has 1 aromatic heterocycles. The third-order valence-corrected chi connectivity index (χ3v) is 10.1. The molecule has 2 aromatic rings. The van der Waals surface area contributed by atoms with Crippen LogP contribution in [0.3, 0.4) is 0 Å². The summed E-state index contributed by atoms with van der Waals surface area (Å²) in [5.41, 5.74) is 1.18. The van der Waals surface area contributed by atoms with Crippen LogP contribution >= 0.6 is 0 Å². The van der Waals surface area contributed by atoms with Crippen molar-refractivity contribution < 1.29 is 28.6 Å². The molecule has 0 unspecified atom stereocenters. The van der Waals surface area contributed by atoms with Gasteiger partial charge >= 0.3 is 5.97 Å². The lowest BCUT2D eigenvalue weighted by Gasteiger charge is -2.36. The molecular weight excluding hydrogens is 546 g/mol. The van der Waals surface area contributed by atoms with Crippen LogP contribution in [0.4, 0.5) is 0 Å². The number of benzene rings is 1. The third-order valence-electron chi connectivity index (χ3n) is 10.1. The number of aldehydes is 1. The van der Waals surface area contributed by atoms with E-state index in [0.29, 0.717) is 29.5 Å². The molecular formula is C34H47N3O6. The minimum Gasteiger partial charge on any atom is -0.497 e. The van der Waals surface area contributed by atoms with Crippen molar-refractivity contribution >= 4 is 29.2 Å². The van der Waals surface area contributed by atoms with Gasteiger partial charge in [-0.3, -0.25) is 9.59 Å². The number of esters is 1. The van der Waals surface area contributed by atoms with Crippen LogP contribution in [0.2, 0.25) is 0 Å². The van der Waals surface area contributed by atoms with E-state index in [2.05, 4.69) is 6.92 Å². The fourth-order valence-electron chi connectivity index (χ4n) is 7.23. The average Bonchev–Trinajstić information content (AvgIpc) is 3.47. The molecule has 2 aliphatic heterocycles. The molecule has 2 bridgehead atoms. The van der Waals surface area contributed by atoms with Gasteiger partial charge in [-0.05, 0) is 68.9 Å². The Bertz CT molecular complexity index is 1360. The first kappa shape index (κ1) is 31.2. The topological polar surface area (TPSA) is 108 Å². The van der Waals surface area contributed by atoms with E-state index in [9.17, 15) is 14.4 Å². The number of aryl methyl sites for hydroxylation is 1. The largest absolute Gasteiger partial charge is 0.497 e. The quantitative estimate of drug-likeness (QED) is 0.322. The Hall–Kier alpha value is -3.23. The first-order valence-electron chi connectivity index (χ1n) is 15.9. The number of hydrogen-bond donors (Lipinski definition) is 0. The van der Waals surface area contributed by atoms with Crippen LogP contribution in [-0.2, 0) is 25.5 Å². The van der Waals surface area contributed by atoms with Crippen molar-refractivity contribution in [2.75, 3.05) is 13.7 Å². The van der Waals surface area contributed by atoms with Gasteiger partial charge < -0.3 is 23.9 Å². The number of amides is 1. The minimum atomic E-state index is -0.672. The van der Waals surface area contributed by atoms with Gasteiger partial charge in [0.2, 0.25) is 11.8 Å². The second-order valence-electron chi connectivity index (χ2n) is 14.1. The Kier molecular flexibility index (Phi) is 9.00. The summed E-state index contributed by atoms with van der Waals surface area (Å²) in [5, 5.41) is 0. The smallest absolute Gasteiger partial charge is 0.307 e. The highest BCUT2D eigenvalue weighted by molar-refractivity contribution is 5.87. The first-order chi connectivity index (χ1) is 20.4. The Balaban J connectivity index is 1.52. The molecule has 3 heterocycles. The molecule has 1 aliphatic carbocycles. The number of carbonyl (C=O) groups excluding carboxylic acids is 3. The highest BCUT2D eigenvalue weighted by Gasteiger charge is 2.48. The summed E-state index contributed by atoms with van der Waals surface area (Å²) in [5.74, 6) is -0.0462. The molecule has 0 N–H and O–H groups in total. The van der Waals surface area contributed by atoms with Crippen molar-refractivity contribution in [2.24, 2.45) is 23.2 Å². The van der Waals surface area contributed by atoms with Crippen molar-refractivity contribution in [2.45, 2.75) is 110 Å². The lowest BCUT2D eigenvalue weighted by Crippen LogP contribution is -2.47. The number of fused-ring (bicyclic) bond motifs is 5. The van der Waals surface area contributed by atoms with Crippen molar-refractivity contribution in [3.05, 3.63) is 23.9 Å². The molecule has 1 amide bonds. The molecule has 0 radical (unpaired) electrons. The molecule has 3 aliphatic rings.